The van der Waals surface area contributed by atoms with Crippen molar-refractivity contribution in [3.63, 3.8) is 0 Å². The number of aromatic nitrogens is 3. The Hall–Kier alpha value is -2.60. The highest BCUT2D eigenvalue weighted by Gasteiger charge is 2.34. The van der Waals surface area contributed by atoms with E-state index in [9.17, 15) is 5.11 Å². The SMILES string of the molecule is Cc1cc(N2C[C@@H](O)[C@H](Oc3cnn(C)c3)C2)c2ccccc2n1. The zero-order valence-corrected chi connectivity index (χ0v) is 13.8. The van der Waals surface area contributed by atoms with Gasteiger partial charge in [-0.25, -0.2) is 0 Å². The second-order valence-corrected chi connectivity index (χ2v) is 6.28. The summed E-state index contributed by atoms with van der Waals surface area (Å²) in [4.78, 5) is 6.75. The second-order valence-electron chi connectivity index (χ2n) is 6.28. The number of aliphatic hydroxyl groups is 1. The molecule has 0 unspecified atom stereocenters. The van der Waals surface area contributed by atoms with Crippen molar-refractivity contribution in [3.8, 4) is 5.75 Å². The van der Waals surface area contributed by atoms with Gasteiger partial charge in [0.25, 0.3) is 0 Å². The Bertz CT molecular complexity index is 876. The highest BCUT2D eigenvalue weighted by molar-refractivity contribution is 5.92. The lowest BCUT2D eigenvalue weighted by molar-refractivity contribution is 0.0737. The first-order valence-corrected chi connectivity index (χ1v) is 8.05. The molecular weight excluding hydrogens is 304 g/mol. The average Bonchev–Trinajstić information content (AvgIpc) is 3.13. The molecule has 0 saturated carbocycles. The van der Waals surface area contributed by atoms with Crippen molar-refractivity contribution in [2.45, 2.75) is 19.1 Å². The van der Waals surface area contributed by atoms with Crippen LogP contribution < -0.4 is 9.64 Å². The lowest BCUT2D eigenvalue weighted by Crippen LogP contribution is -2.29. The molecule has 1 aromatic carbocycles. The van der Waals surface area contributed by atoms with Crippen molar-refractivity contribution < 1.29 is 9.84 Å². The van der Waals surface area contributed by atoms with E-state index in [-0.39, 0.29) is 6.10 Å². The number of anilines is 1. The number of fused-ring (bicyclic) bond motifs is 1. The number of aryl methyl sites for hydroxylation is 2. The van der Waals surface area contributed by atoms with Gasteiger partial charge in [0.05, 0.1) is 24.5 Å². The summed E-state index contributed by atoms with van der Waals surface area (Å²) in [5.74, 6) is 0.680. The number of β-amino-alcohol motifs (C(OH)–C–C–N with tert-alkyl or cyclic N) is 1. The van der Waals surface area contributed by atoms with E-state index in [0.717, 1.165) is 22.3 Å². The molecule has 24 heavy (non-hydrogen) atoms. The number of rotatable bonds is 3. The Morgan fingerprint density at radius 1 is 1.25 bits per heavy atom. The number of ether oxygens (including phenoxy) is 1. The van der Waals surface area contributed by atoms with Crippen LogP contribution in [0.2, 0.25) is 0 Å². The van der Waals surface area contributed by atoms with Gasteiger partial charge in [-0.1, -0.05) is 18.2 Å². The van der Waals surface area contributed by atoms with Crippen LogP contribution in [0.15, 0.2) is 42.7 Å². The molecule has 1 aliphatic rings. The maximum Gasteiger partial charge on any atom is 0.157 e. The summed E-state index contributed by atoms with van der Waals surface area (Å²) in [6.07, 6.45) is 2.65. The van der Waals surface area contributed by atoms with E-state index >= 15 is 0 Å². The van der Waals surface area contributed by atoms with E-state index in [1.54, 1.807) is 17.1 Å². The van der Waals surface area contributed by atoms with Crippen molar-refractivity contribution >= 4 is 16.6 Å². The number of nitrogens with zero attached hydrogens (tertiary/aromatic N) is 4. The van der Waals surface area contributed by atoms with E-state index in [1.165, 1.54) is 0 Å². The summed E-state index contributed by atoms with van der Waals surface area (Å²) in [5, 5.41) is 15.6. The van der Waals surface area contributed by atoms with Crippen LogP contribution in [-0.4, -0.2) is 45.2 Å². The van der Waals surface area contributed by atoms with Crippen LogP contribution in [0.4, 0.5) is 5.69 Å². The van der Waals surface area contributed by atoms with E-state index in [0.29, 0.717) is 18.8 Å². The predicted molar refractivity (Wildman–Crippen MR) is 92.3 cm³/mol. The van der Waals surface area contributed by atoms with Gasteiger partial charge in [0.2, 0.25) is 0 Å². The largest absolute Gasteiger partial charge is 0.482 e. The normalized spacial score (nSPS) is 20.7. The molecular formula is C18H20N4O2. The van der Waals surface area contributed by atoms with Gasteiger partial charge < -0.3 is 14.7 Å². The number of hydrogen-bond acceptors (Lipinski definition) is 5. The number of para-hydroxylation sites is 1. The average molecular weight is 324 g/mol. The van der Waals surface area contributed by atoms with Crippen molar-refractivity contribution in [2.24, 2.45) is 7.05 Å². The number of pyridine rings is 1. The summed E-state index contributed by atoms with van der Waals surface area (Å²) >= 11 is 0. The molecule has 0 radical (unpaired) electrons. The molecule has 124 valence electrons. The van der Waals surface area contributed by atoms with Crippen molar-refractivity contribution in [1.29, 1.82) is 0 Å². The van der Waals surface area contributed by atoms with Gasteiger partial charge in [0.1, 0.15) is 12.2 Å². The van der Waals surface area contributed by atoms with Crippen LogP contribution in [0.1, 0.15) is 5.69 Å². The quantitative estimate of drug-likeness (QED) is 0.797. The molecule has 6 nitrogen and oxygen atoms in total. The molecule has 1 saturated heterocycles. The van der Waals surface area contributed by atoms with Gasteiger partial charge in [0, 0.05) is 30.4 Å². The standard InChI is InChI=1S/C18H20N4O2/c1-12-7-16(14-5-3-4-6-15(14)20-12)22-10-17(23)18(11-22)24-13-8-19-21(2)9-13/h3-9,17-18,23H,10-11H2,1-2H3/t17-,18-/m1/s1. The van der Waals surface area contributed by atoms with Crippen LogP contribution in [0.5, 0.6) is 5.75 Å². The Morgan fingerprint density at radius 2 is 2.08 bits per heavy atom. The molecule has 3 aromatic rings. The zero-order valence-electron chi connectivity index (χ0n) is 13.8. The zero-order chi connectivity index (χ0) is 16.7. The minimum absolute atomic E-state index is 0.276. The van der Waals surface area contributed by atoms with Crippen LogP contribution in [0, 0.1) is 6.92 Å². The van der Waals surface area contributed by atoms with Crippen LogP contribution in [-0.2, 0) is 7.05 Å². The lowest BCUT2D eigenvalue weighted by atomic mass is 10.1. The topological polar surface area (TPSA) is 63.4 Å². The Kier molecular flexibility index (Phi) is 3.61. The summed E-state index contributed by atoms with van der Waals surface area (Å²) < 4.78 is 7.60. The molecule has 0 aliphatic carbocycles. The van der Waals surface area contributed by atoms with E-state index < -0.39 is 6.10 Å². The summed E-state index contributed by atoms with van der Waals surface area (Å²) in [6.45, 7) is 3.16. The third-order valence-corrected chi connectivity index (χ3v) is 4.37. The van der Waals surface area contributed by atoms with Crippen LogP contribution >= 0.6 is 0 Å². The molecule has 1 fully saturated rings. The molecule has 3 heterocycles. The van der Waals surface area contributed by atoms with Gasteiger partial charge in [-0.2, -0.15) is 5.10 Å². The first-order chi connectivity index (χ1) is 11.6. The fraction of sp³-hybridized carbons (Fsp3) is 0.333. The van der Waals surface area contributed by atoms with Gasteiger partial charge >= 0.3 is 0 Å². The van der Waals surface area contributed by atoms with Crippen LogP contribution in [0.25, 0.3) is 10.9 Å². The highest BCUT2D eigenvalue weighted by Crippen LogP contribution is 2.30. The number of hydrogen-bond donors (Lipinski definition) is 1. The fourth-order valence-electron chi connectivity index (χ4n) is 3.25. The monoisotopic (exact) mass is 324 g/mol. The smallest absolute Gasteiger partial charge is 0.157 e. The van der Waals surface area contributed by atoms with Gasteiger partial charge in [0.15, 0.2) is 5.75 Å². The third-order valence-electron chi connectivity index (χ3n) is 4.37. The molecule has 0 bridgehead atoms. The fourth-order valence-corrected chi connectivity index (χ4v) is 3.25. The molecule has 0 spiro atoms. The molecule has 1 N–H and O–H groups in total. The first kappa shape index (κ1) is 15.0. The minimum atomic E-state index is -0.544. The molecule has 2 aromatic heterocycles. The summed E-state index contributed by atoms with van der Waals surface area (Å²) in [7, 11) is 1.84. The van der Waals surface area contributed by atoms with Crippen molar-refractivity contribution in [3.05, 3.63) is 48.4 Å². The maximum atomic E-state index is 10.4. The Labute approximate surface area is 140 Å². The molecule has 2 atom stereocenters. The molecule has 4 rings (SSSR count). The highest BCUT2D eigenvalue weighted by atomic mass is 16.5. The van der Waals surface area contributed by atoms with Crippen molar-refractivity contribution in [2.75, 3.05) is 18.0 Å². The van der Waals surface area contributed by atoms with E-state index in [4.69, 9.17) is 4.74 Å². The summed E-state index contributed by atoms with van der Waals surface area (Å²) in [5.41, 5.74) is 3.03. The molecule has 0 amide bonds. The summed E-state index contributed by atoms with van der Waals surface area (Å²) in [6, 6.07) is 10.2. The number of aliphatic hydroxyl groups excluding tert-OH is 1. The first-order valence-electron chi connectivity index (χ1n) is 8.05. The second kappa shape index (κ2) is 5.79. The van der Waals surface area contributed by atoms with E-state index in [1.807, 2.05) is 32.2 Å². The Balaban J connectivity index is 1.62. The van der Waals surface area contributed by atoms with Gasteiger partial charge in [-0.15, -0.1) is 0 Å². The lowest BCUT2D eigenvalue weighted by Gasteiger charge is -2.20. The Morgan fingerprint density at radius 3 is 2.88 bits per heavy atom. The van der Waals surface area contributed by atoms with Gasteiger partial charge in [-0.05, 0) is 19.1 Å². The predicted octanol–water partition coefficient (Wildman–Crippen LogP) is 1.91. The minimum Gasteiger partial charge on any atom is -0.482 e. The molecule has 1 aliphatic heterocycles. The maximum absolute atomic E-state index is 10.4. The molecule has 6 heteroatoms. The van der Waals surface area contributed by atoms with Gasteiger partial charge in [-0.3, -0.25) is 9.67 Å². The van der Waals surface area contributed by atoms with Crippen LogP contribution in [0.3, 0.4) is 0 Å². The number of benzene rings is 1. The van der Waals surface area contributed by atoms with E-state index in [2.05, 4.69) is 27.1 Å². The third kappa shape index (κ3) is 2.69. The van der Waals surface area contributed by atoms with Crippen molar-refractivity contribution in [1.82, 2.24) is 14.8 Å².